The van der Waals surface area contributed by atoms with Gasteiger partial charge in [0.05, 0.1) is 11.1 Å². The minimum Gasteiger partial charge on any atom is -0.362 e. The molecular weight excluding hydrogens is 428 g/mol. The Hall–Kier alpha value is -1.88. The van der Waals surface area contributed by atoms with Gasteiger partial charge in [-0.15, -0.1) is 0 Å². The molecule has 1 amide bonds. The summed E-state index contributed by atoms with van der Waals surface area (Å²) in [7, 11) is 0. The highest BCUT2D eigenvalue weighted by molar-refractivity contribution is 6.28. The topological polar surface area (TPSA) is 85.4 Å². The van der Waals surface area contributed by atoms with E-state index >= 15 is 0 Å². The number of hydrogen-bond donors (Lipinski definition) is 2. The first-order valence-corrected chi connectivity index (χ1v) is 11.9. The molecule has 0 atom stereocenters. The fourth-order valence-corrected chi connectivity index (χ4v) is 3.89. The van der Waals surface area contributed by atoms with E-state index in [2.05, 4.69) is 53.2 Å². The number of nitrogens with one attached hydrogen (secondary N) is 2. The van der Waals surface area contributed by atoms with E-state index < -0.39 is 6.29 Å². The molecule has 0 unspecified atom stereocenters. The van der Waals surface area contributed by atoms with Gasteiger partial charge < -0.3 is 20.1 Å². The molecule has 1 fully saturated rings. The molecule has 1 aromatic heterocycles. The summed E-state index contributed by atoms with van der Waals surface area (Å²) in [6.45, 7) is 11.5. The predicted molar refractivity (Wildman–Crippen MR) is 127 cm³/mol. The number of anilines is 1. The second kappa shape index (κ2) is 12.4. The van der Waals surface area contributed by atoms with Crippen LogP contribution >= 0.6 is 11.6 Å². The summed E-state index contributed by atoms with van der Waals surface area (Å²) in [6, 6.07) is 0. The van der Waals surface area contributed by atoms with Gasteiger partial charge in [0.2, 0.25) is 17.5 Å². The van der Waals surface area contributed by atoms with Gasteiger partial charge in [-0.2, -0.15) is 4.98 Å². The molecule has 0 spiro atoms. The van der Waals surface area contributed by atoms with Crippen LogP contribution in [0.5, 0.6) is 0 Å². The fraction of sp³-hybridized carbons (Fsp3) is 0.708. The van der Waals surface area contributed by atoms with Gasteiger partial charge in [-0.3, -0.25) is 4.79 Å². The van der Waals surface area contributed by atoms with Crippen LogP contribution in [0.15, 0.2) is 6.20 Å². The second-order valence-corrected chi connectivity index (χ2v) is 9.73. The van der Waals surface area contributed by atoms with E-state index in [-0.39, 0.29) is 22.1 Å². The predicted octanol–water partition coefficient (Wildman–Crippen LogP) is 4.55. The Morgan fingerprint density at radius 2 is 1.88 bits per heavy atom. The van der Waals surface area contributed by atoms with E-state index in [1.807, 2.05) is 13.8 Å². The highest BCUT2D eigenvalue weighted by Gasteiger charge is 2.34. The number of amides is 1. The molecule has 0 saturated heterocycles. The number of carbonyl (C=O) groups excluding carboxylic acids is 1. The molecule has 2 N–H and O–H groups in total. The quantitative estimate of drug-likeness (QED) is 0.317. The Morgan fingerprint density at radius 1 is 1.22 bits per heavy atom. The minimum atomic E-state index is -0.617. The molecule has 32 heavy (non-hydrogen) atoms. The third kappa shape index (κ3) is 8.93. The molecule has 0 radical (unpaired) electrons. The lowest BCUT2D eigenvalue weighted by Crippen LogP contribution is -2.50. The van der Waals surface area contributed by atoms with Crippen LogP contribution in [0.3, 0.4) is 0 Å². The number of nitrogens with zero attached hydrogens (tertiary/aromatic N) is 2. The minimum absolute atomic E-state index is 0.0567. The number of hydrogen-bond acceptors (Lipinski definition) is 6. The van der Waals surface area contributed by atoms with Crippen LogP contribution in [-0.2, 0) is 14.3 Å². The number of carbonyl (C=O) groups is 1. The van der Waals surface area contributed by atoms with Crippen molar-refractivity contribution in [1.82, 2.24) is 15.3 Å². The summed E-state index contributed by atoms with van der Waals surface area (Å²) >= 11 is 6.11. The van der Waals surface area contributed by atoms with Crippen molar-refractivity contribution in [3.8, 4) is 11.8 Å². The van der Waals surface area contributed by atoms with Gasteiger partial charge in [0, 0.05) is 32.4 Å². The van der Waals surface area contributed by atoms with E-state index in [4.69, 9.17) is 21.1 Å². The Balaban J connectivity index is 2.24. The van der Waals surface area contributed by atoms with Gasteiger partial charge in [0.25, 0.3) is 0 Å². The van der Waals surface area contributed by atoms with E-state index in [1.165, 1.54) is 6.42 Å². The van der Waals surface area contributed by atoms with Crippen LogP contribution in [0.2, 0.25) is 5.28 Å². The standard InChI is InChI=1S/C24H37ClN4O3/c1-6-31-20(32-7-2)12-11-18-16-26-22(25)28-21(18)29-24(13-9-8-10-14-24)17-27-19(30)15-23(3,4)5/h16,20H,6-10,13-15,17H2,1-5H3,(H,27,30)(H,26,28,29). The monoisotopic (exact) mass is 464 g/mol. The van der Waals surface area contributed by atoms with Gasteiger partial charge in [0.1, 0.15) is 5.82 Å². The molecule has 2 rings (SSSR count). The van der Waals surface area contributed by atoms with Crippen molar-refractivity contribution in [2.24, 2.45) is 5.41 Å². The van der Waals surface area contributed by atoms with Crippen molar-refractivity contribution in [3.05, 3.63) is 17.0 Å². The van der Waals surface area contributed by atoms with Crippen molar-refractivity contribution in [1.29, 1.82) is 0 Å². The Labute approximate surface area is 197 Å². The number of ether oxygens (including phenoxy) is 2. The fourth-order valence-electron chi connectivity index (χ4n) is 3.76. The van der Waals surface area contributed by atoms with Crippen molar-refractivity contribution < 1.29 is 14.3 Å². The van der Waals surface area contributed by atoms with E-state index in [0.717, 1.165) is 25.7 Å². The summed E-state index contributed by atoms with van der Waals surface area (Å²) in [5.41, 5.74) is 0.251. The van der Waals surface area contributed by atoms with Crippen LogP contribution in [0, 0.1) is 17.3 Å². The molecular formula is C24H37ClN4O3. The normalized spacial score (nSPS) is 15.7. The number of rotatable bonds is 9. The molecule has 1 heterocycles. The lowest BCUT2D eigenvalue weighted by atomic mass is 9.81. The smallest absolute Gasteiger partial charge is 0.224 e. The largest absolute Gasteiger partial charge is 0.362 e. The van der Waals surface area contributed by atoms with Gasteiger partial charge in [-0.05, 0) is 49.6 Å². The zero-order valence-corrected chi connectivity index (χ0v) is 20.8. The molecule has 1 aliphatic rings. The summed E-state index contributed by atoms with van der Waals surface area (Å²) in [5, 5.41) is 6.85. The van der Waals surface area contributed by atoms with Crippen LogP contribution in [0.25, 0.3) is 0 Å². The van der Waals surface area contributed by atoms with Crippen molar-refractivity contribution in [2.45, 2.75) is 85.0 Å². The van der Waals surface area contributed by atoms with Crippen molar-refractivity contribution in [2.75, 3.05) is 25.1 Å². The van der Waals surface area contributed by atoms with E-state index in [1.54, 1.807) is 6.20 Å². The maximum Gasteiger partial charge on any atom is 0.224 e. The lowest BCUT2D eigenvalue weighted by Gasteiger charge is -2.39. The van der Waals surface area contributed by atoms with Crippen molar-refractivity contribution in [3.63, 3.8) is 0 Å². The highest BCUT2D eigenvalue weighted by Crippen LogP contribution is 2.32. The first-order valence-electron chi connectivity index (χ1n) is 11.5. The lowest BCUT2D eigenvalue weighted by molar-refractivity contribution is -0.123. The molecule has 178 valence electrons. The Bertz CT molecular complexity index is 802. The number of halogens is 1. The van der Waals surface area contributed by atoms with Gasteiger partial charge in [0.15, 0.2) is 0 Å². The molecule has 0 bridgehead atoms. The summed E-state index contributed by atoms with van der Waals surface area (Å²) in [4.78, 5) is 21.0. The zero-order chi connectivity index (χ0) is 23.6. The Kier molecular flexibility index (Phi) is 10.2. The van der Waals surface area contributed by atoms with E-state index in [0.29, 0.717) is 37.6 Å². The first-order chi connectivity index (χ1) is 15.2. The van der Waals surface area contributed by atoms with Crippen LogP contribution in [0.1, 0.15) is 78.7 Å². The average molecular weight is 465 g/mol. The van der Waals surface area contributed by atoms with Gasteiger partial charge in [-0.25, -0.2) is 4.98 Å². The maximum atomic E-state index is 12.5. The Morgan fingerprint density at radius 3 is 2.47 bits per heavy atom. The zero-order valence-electron chi connectivity index (χ0n) is 20.0. The van der Waals surface area contributed by atoms with Crippen molar-refractivity contribution >= 4 is 23.3 Å². The highest BCUT2D eigenvalue weighted by atomic mass is 35.5. The SMILES string of the molecule is CCOC(C#Cc1cnc(Cl)nc1NC1(CNC(=O)CC(C)(C)C)CCCCC1)OCC. The molecule has 1 aromatic rings. The summed E-state index contributed by atoms with van der Waals surface area (Å²) < 4.78 is 11.0. The van der Waals surface area contributed by atoms with Gasteiger partial charge >= 0.3 is 0 Å². The first kappa shape index (κ1) is 26.4. The summed E-state index contributed by atoms with van der Waals surface area (Å²) in [5.74, 6) is 6.70. The molecule has 0 aliphatic heterocycles. The molecule has 1 aliphatic carbocycles. The third-order valence-electron chi connectivity index (χ3n) is 5.23. The molecule has 8 heteroatoms. The number of aromatic nitrogens is 2. The molecule has 1 saturated carbocycles. The van der Waals surface area contributed by atoms with Crippen LogP contribution < -0.4 is 10.6 Å². The van der Waals surface area contributed by atoms with E-state index in [9.17, 15) is 4.79 Å². The summed E-state index contributed by atoms with van der Waals surface area (Å²) in [6.07, 6.45) is 6.67. The molecule has 7 nitrogen and oxygen atoms in total. The van der Waals surface area contributed by atoms with Crippen LogP contribution in [0.4, 0.5) is 5.82 Å². The van der Waals surface area contributed by atoms with Crippen LogP contribution in [-0.4, -0.2) is 47.5 Å². The second-order valence-electron chi connectivity index (χ2n) is 9.39. The maximum absolute atomic E-state index is 12.5. The van der Waals surface area contributed by atoms with Gasteiger partial charge in [-0.1, -0.05) is 46.0 Å². The third-order valence-corrected chi connectivity index (χ3v) is 5.41. The molecule has 0 aromatic carbocycles. The average Bonchev–Trinajstić information content (AvgIpc) is 2.71.